The van der Waals surface area contributed by atoms with Gasteiger partial charge in [-0.15, -0.1) is 0 Å². The number of carbonyl (C=O) groups is 3. The third-order valence-electron chi connectivity index (χ3n) is 2.75. The molecule has 6 nitrogen and oxygen atoms in total. The number of benzene rings is 1. The maximum Gasteiger partial charge on any atom is 0.266 e. The molecule has 0 radical (unpaired) electrons. The van der Waals surface area contributed by atoms with Gasteiger partial charge in [0.25, 0.3) is 11.8 Å². The number of thioether (sulfide) groups is 1. The minimum absolute atomic E-state index is 0.190. The van der Waals surface area contributed by atoms with Gasteiger partial charge < -0.3 is 0 Å². The van der Waals surface area contributed by atoms with Gasteiger partial charge in [0.1, 0.15) is 16.7 Å². The van der Waals surface area contributed by atoms with E-state index in [0.717, 1.165) is 16.7 Å². The molecule has 0 aromatic heterocycles. The van der Waals surface area contributed by atoms with Crippen LogP contribution in [-0.2, 0) is 14.4 Å². The molecule has 23 heavy (non-hydrogen) atoms. The first-order valence-electron chi connectivity index (χ1n) is 6.44. The normalized spacial score (nSPS) is 15.9. The van der Waals surface area contributed by atoms with Crippen molar-refractivity contribution >= 4 is 52.1 Å². The Morgan fingerprint density at radius 1 is 1.35 bits per heavy atom. The maximum atomic E-state index is 13.6. The summed E-state index contributed by atoms with van der Waals surface area (Å²) in [7, 11) is 0. The van der Waals surface area contributed by atoms with Gasteiger partial charge in [-0.1, -0.05) is 42.2 Å². The van der Waals surface area contributed by atoms with Gasteiger partial charge in [-0.3, -0.25) is 30.1 Å². The van der Waals surface area contributed by atoms with E-state index in [0.29, 0.717) is 0 Å². The number of hydrogen-bond acceptors (Lipinski definition) is 5. The molecule has 1 heterocycles. The smallest absolute Gasteiger partial charge is 0.266 e. The number of carbonyl (C=O) groups excluding carboxylic acids is 3. The lowest BCUT2D eigenvalue weighted by atomic mass is 10.2. The van der Waals surface area contributed by atoms with Crippen molar-refractivity contribution in [1.82, 2.24) is 15.8 Å². The number of thiocarbonyl (C=S) groups is 1. The molecule has 2 rings (SSSR count). The Balaban J connectivity index is 2.09. The molecule has 0 bridgehead atoms. The van der Waals surface area contributed by atoms with E-state index in [2.05, 4.69) is 10.9 Å². The van der Waals surface area contributed by atoms with Crippen molar-refractivity contribution in [3.8, 4) is 0 Å². The summed E-state index contributed by atoms with van der Waals surface area (Å²) >= 11 is 6.05. The summed E-state index contributed by atoms with van der Waals surface area (Å²) in [6.07, 6.45) is 1.39. The molecule has 2 N–H and O–H groups in total. The highest BCUT2D eigenvalue weighted by Gasteiger charge is 2.33. The number of amides is 3. The first-order chi connectivity index (χ1) is 10.9. The van der Waals surface area contributed by atoms with Crippen molar-refractivity contribution in [2.75, 3.05) is 6.54 Å². The molecule has 0 atom stereocenters. The minimum atomic E-state index is -0.594. The van der Waals surface area contributed by atoms with Gasteiger partial charge in [-0.05, 0) is 12.1 Å². The van der Waals surface area contributed by atoms with E-state index in [-0.39, 0.29) is 21.3 Å². The van der Waals surface area contributed by atoms with Crippen LogP contribution in [-0.4, -0.2) is 33.5 Å². The highest BCUT2D eigenvalue weighted by atomic mass is 32.2. The molecule has 0 aliphatic carbocycles. The lowest BCUT2D eigenvalue weighted by Gasteiger charge is -2.14. The number of hydrazine groups is 1. The average Bonchev–Trinajstić information content (AvgIpc) is 2.75. The molecule has 0 spiro atoms. The second-order valence-corrected chi connectivity index (χ2v) is 6.19. The van der Waals surface area contributed by atoms with E-state index in [9.17, 15) is 18.8 Å². The zero-order valence-corrected chi connectivity index (χ0v) is 13.6. The molecule has 1 saturated heterocycles. The molecule has 0 saturated carbocycles. The Morgan fingerprint density at radius 2 is 2.04 bits per heavy atom. The standard InChI is InChI=1S/C14H12FN3O3S2/c1-8(19)16-17-12(20)7-18-13(21)11(23-14(18)22)6-9-4-2-3-5-10(9)15/h2-6H,7H2,1H3,(H,16,19)(H,17,20)/b11-6-. The van der Waals surface area contributed by atoms with Gasteiger partial charge >= 0.3 is 0 Å². The summed E-state index contributed by atoms with van der Waals surface area (Å²) in [6.45, 7) is 0.899. The molecule has 1 fully saturated rings. The van der Waals surface area contributed by atoms with Crippen LogP contribution in [0.25, 0.3) is 6.08 Å². The third-order valence-corrected chi connectivity index (χ3v) is 4.12. The fraction of sp³-hybridized carbons (Fsp3) is 0.143. The summed E-state index contributed by atoms with van der Waals surface area (Å²) in [4.78, 5) is 35.9. The van der Waals surface area contributed by atoms with Crippen LogP contribution in [0, 0.1) is 5.82 Å². The van der Waals surface area contributed by atoms with Crippen molar-refractivity contribution < 1.29 is 18.8 Å². The Hall–Kier alpha value is -2.26. The fourth-order valence-electron chi connectivity index (χ4n) is 1.71. The van der Waals surface area contributed by atoms with Crippen LogP contribution in [0.1, 0.15) is 12.5 Å². The first-order valence-corrected chi connectivity index (χ1v) is 7.66. The van der Waals surface area contributed by atoms with Crippen LogP contribution in [0.15, 0.2) is 29.2 Å². The fourth-order valence-corrected chi connectivity index (χ4v) is 2.96. The Kier molecular flexibility index (Phi) is 5.45. The highest BCUT2D eigenvalue weighted by molar-refractivity contribution is 8.26. The van der Waals surface area contributed by atoms with Gasteiger partial charge in [-0.25, -0.2) is 4.39 Å². The molecule has 1 aliphatic rings. The molecule has 120 valence electrons. The van der Waals surface area contributed by atoms with E-state index < -0.39 is 23.5 Å². The van der Waals surface area contributed by atoms with E-state index in [4.69, 9.17) is 12.2 Å². The van der Waals surface area contributed by atoms with Crippen LogP contribution < -0.4 is 10.9 Å². The number of nitrogens with one attached hydrogen (secondary N) is 2. The van der Waals surface area contributed by atoms with Crippen LogP contribution in [0.4, 0.5) is 4.39 Å². The number of halogens is 1. The predicted octanol–water partition coefficient (Wildman–Crippen LogP) is 1.19. The molecule has 0 unspecified atom stereocenters. The highest BCUT2D eigenvalue weighted by Crippen LogP contribution is 2.32. The van der Waals surface area contributed by atoms with Gasteiger partial charge in [0.2, 0.25) is 5.91 Å². The van der Waals surface area contributed by atoms with Crippen LogP contribution >= 0.6 is 24.0 Å². The number of hydrogen-bond donors (Lipinski definition) is 2. The molecule has 1 aromatic carbocycles. The molecule has 1 aliphatic heterocycles. The lowest BCUT2D eigenvalue weighted by molar-refractivity contribution is -0.131. The third kappa shape index (κ3) is 4.36. The molecule has 1 aromatic rings. The Labute approximate surface area is 141 Å². The van der Waals surface area contributed by atoms with Crippen LogP contribution in [0.3, 0.4) is 0 Å². The van der Waals surface area contributed by atoms with Crippen molar-refractivity contribution in [2.45, 2.75) is 6.92 Å². The van der Waals surface area contributed by atoms with Gasteiger partial charge in [0.15, 0.2) is 0 Å². The van der Waals surface area contributed by atoms with E-state index in [1.807, 2.05) is 0 Å². The zero-order chi connectivity index (χ0) is 17.0. The van der Waals surface area contributed by atoms with Gasteiger partial charge in [-0.2, -0.15) is 0 Å². The van der Waals surface area contributed by atoms with Gasteiger partial charge in [0.05, 0.1) is 4.91 Å². The SMILES string of the molecule is CC(=O)NNC(=O)CN1C(=O)/C(=C/c2ccccc2F)SC1=S. The summed E-state index contributed by atoms with van der Waals surface area (Å²) < 4.78 is 13.8. The van der Waals surface area contributed by atoms with Gasteiger partial charge in [0, 0.05) is 12.5 Å². The average molecular weight is 353 g/mol. The van der Waals surface area contributed by atoms with Crippen LogP contribution in [0.5, 0.6) is 0 Å². The van der Waals surface area contributed by atoms with E-state index in [1.54, 1.807) is 12.1 Å². The summed E-state index contributed by atoms with van der Waals surface area (Å²) in [5.74, 6) is -1.98. The summed E-state index contributed by atoms with van der Waals surface area (Å²) in [5, 5.41) is 0. The monoisotopic (exact) mass is 353 g/mol. The molecule has 3 amide bonds. The second-order valence-electron chi connectivity index (χ2n) is 4.52. The summed E-state index contributed by atoms with van der Waals surface area (Å²) in [6, 6.07) is 6.01. The van der Waals surface area contributed by atoms with E-state index in [1.165, 1.54) is 25.1 Å². The summed E-state index contributed by atoms with van der Waals surface area (Å²) in [5.41, 5.74) is 4.52. The second kappa shape index (κ2) is 7.34. The lowest BCUT2D eigenvalue weighted by Crippen LogP contribution is -2.46. The predicted molar refractivity (Wildman–Crippen MR) is 88.2 cm³/mol. The number of nitrogens with zero attached hydrogens (tertiary/aromatic N) is 1. The molecular weight excluding hydrogens is 341 g/mol. The molecule has 9 heteroatoms. The van der Waals surface area contributed by atoms with Crippen molar-refractivity contribution in [2.24, 2.45) is 0 Å². The van der Waals surface area contributed by atoms with Crippen molar-refractivity contribution in [3.05, 3.63) is 40.6 Å². The molecular formula is C14H12FN3O3S2. The number of rotatable bonds is 3. The Bertz CT molecular complexity index is 721. The van der Waals surface area contributed by atoms with Crippen molar-refractivity contribution in [3.63, 3.8) is 0 Å². The minimum Gasteiger partial charge on any atom is -0.283 e. The largest absolute Gasteiger partial charge is 0.283 e. The van der Waals surface area contributed by atoms with Crippen LogP contribution in [0.2, 0.25) is 0 Å². The maximum absolute atomic E-state index is 13.6. The first kappa shape index (κ1) is 17.1. The van der Waals surface area contributed by atoms with E-state index >= 15 is 0 Å². The zero-order valence-electron chi connectivity index (χ0n) is 12.0. The Morgan fingerprint density at radius 3 is 2.70 bits per heavy atom. The topological polar surface area (TPSA) is 78.5 Å². The van der Waals surface area contributed by atoms with Crippen molar-refractivity contribution in [1.29, 1.82) is 0 Å². The quantitative estimate of drug-likeness (QED) is 0.485.